The number of aryl methyl sites for hydroxylation is 1. The van der Waals surface area contributed by atoms with Gasteiger partial charge in [-0.2, -0.15) is 0 Å². The summed E-state index contributed by atoms with van der Waals surface area (Å²) in [6.07, 6.45) is -0.516. The molecule has 5 heteroatoms. The molecule has 0 radical (unpaired) electrons. The van der Waals surface area contributed by atoms with Crippen LogP contribution in [0.4, 0.5) is 0 Å². The molecule has 1 N–H and O–H groups in total. The van der Waals surface area contributed by atoms with E-state index in [0.29, 0.717) is 6.61 Å². The van der Waals surface area contributed by atoms with Crippen molar-refractivity contribution in [1.29, 1.82) is 0 Å². The number of benzene rings is 2. The van der Waals surface area contributed by atoms with Crippen molar-refractivity contribution in [3.63, 3.8) is 0 Å². The number of amides is 1. The molecule has 1 aliphatic heterocycles. The van der Waals surface area contributed by atoms with Crippen LogP contribution in [0.15, 0.2) is 54.6 Å². The first-order valence-corrected chi connectivity index (χ1v) is 9.94. The van der Waals surface area contributed by atoms with Gasteiger partial charge in [-0.1, -0.05) is 60.2 Å². The zero-order valence-corrected chi connectivity index (χ0v) is 16.8. The van der Waals surface area contributed by atoms with E-state index in [2.05, 4.69) is 41.4 Å². The smallest absolute Gasteiger partial charge is 0.249 e. The Balaban J connectivity index is 1.61. The maximum absolute atomic E-state index is 12.8. The molecule has 1 heterocycles. The highest BCUT2D eigenvalue weighted by atomic mass is 16.5. The highest BCUT2D eigenvalue weighted by molar-refractivity contribution is 5.80. The van der Waals surface area contributed by atoms with Crippen LogP contribution in [-0.4, -0.2) is 49.8 Å². The molecule has 1 saturated heterocycles. The quantitative estimate of drug-likeness (QED) is 0.762. The summed E-state index contributed by atoms with van der Waals surface area (Å²) in [4.78, 5) is 15.1. The van der Waals surface area contributed by atoms with Gasteiger partial charge in [0, 0.05) is 19.6 Å². The fraction of sp³-hybridized carbons (Fsp3) is 0.435. The molecule has 2 atom stereocenters. The Morgan fingerprint density at radius 3 is 2.46 bits per heavy atom. The van der Waals surface area contributed by atoms with Crippen LogP contribution in [0.1, 0.15) is 29.7 Å². The van der Waals surface area contributed by atoms with Crippen molar-refractivity contribution >= 4 is 5.91 Å². The lowest BCUT2D eigenvalue weighted by atomic mass is 10.0. The molecule has 0 unspecified atom stereocenters. The molecular formula is C23H30N2O3. The molecule has 5 nitrogen and oxygen atoms in total. The van der Waals surface area contributed by atoms with Gasteiger partial charge >= 0.3 is 0 Å². The minimum atomic E-state index is -0.516. The summed E-state index contributed by atoms with van der Waals surface area (Å²) in [5.74, 6) is -0.0882. The second-order valence-electron chi connectivity index (χ2n) is 7.32. The summed E-state index contributed by atoms with van der Waals surface area (Å²) >= 11 is 0. The Kier molecular flexibility index (Phi) is 7.60. The van der Waals surface area contributed by atoms with Gasteiger partial charge in [-0.15, -0.1) is 0 Å². The van der Waals surface area contributed by atoms with Crippen LogP contribution in [0.2, 0.25) is 0 Å². The van der Waals surface area contributed by atoms with Crippen molar-refractivity contribution < 1.29 is 14.3 Å². The Bertz CT molecular complexity index is 727. The Labute approximate surface area is 167 Å². The number of nitrogens with zero attached hydrogens (tertiary/aromatic N) is 1. The Hall–Kier alpha value is -2.21. The highest BCUT2D eigenvalue weighted by Gasteiger charge is 2.23. The molecule has 0 aliphatic carbocycles. The first kappa shape index (κ1) is 20.5. The van der Waals surface area contributed by atoms with Gasteiger partial charge in [-0.3, -0.25) is 9.69 Å². The first-order valence-electron chi connectivity index (χ1n) is 9.94. The molecule has 28 heavy (non-hydrogen) atoms. The standard InChI is InChI=1S/C23H30N2O3/c1-18-8-10-21(11-9-18)22(16-25-12-14-27-15-13-25)24-23(26)19(2)28-17-20-6-4-3-5-7-20/h3-11,19,22H,12-17H2,1-2H3,(H,24,26)/t19-,22-/m1/s1. The molecule has 1 aliphatic rings. The third-order valence-electron chi connectivity index (χ3n) is 5.05. The number of nitrogens with one attached hydrogen (secondary N) is 1. The summed E-state index contributed by atoms with van der Waals surface area (Å²) in [6.45, 7) is 8.32. The largest absolute Gasteiger partial charge is 0.379 e. The Morgan fingerprint density at radius 2 is 1.79 bits per heavy atom. The molecule has 3 rings (SSSR count). The first-order chi connectivity index (χ1) is 13.6. The van der Waals surface area contributed by atoms with Gasteiger partial charge in [0.05, 0.1) is 25.9 Å². The van der Waals surface area contributed by atoms with E-state index in [0.717, 1.165) is 44.0 Å². The summed E-state index contributed by atoms with van der Waals surface area (Å²) in [6, 6.07) is 18.2. The van der Waals surface area contributed by atoms with Gasteiger partial charge in [0.25, 0.3) is 0 Å². The van der Waals surface area contributed by atoms with Crippen LogP contribution in [0, 0.1) is 6.92 Å². The second-order valence-corrected chi connectivity index (χ2v) is 7.32. The molecule has 1 amide bonds. The van der Waals surface area contributed by atoms with E-state index >= 15 is 0 Å². The number of hydrogen-bond acceptors (Lipinski definition) is 4. The van der Waals surface area contributed by atoms with Crippen molar-refractivity contribution in [2.45, 2.75) is 32.6 Å². The zero-order valence-electron chi connectivity index (χ0n) is 16.8. The van der Waals surface area contributed by atoms with Gasteiger partial charge < -0.3 is 14.8 Å². The van der Waals surface area contributed by atoms with E-state index in [1.54, 1.807) is 6.92 Å². The van der Waals surface area contributed by atoms with Crippen molar-refractivity contribution in [2.75, 3.05) is 32.8 Å². The maximum Gasteiger partial charge on any atom is 0.249 e. The minimum absolute atomic E-state index is 0.0750. The van der Waals surface area contributed by atoms with E-state index in [1.165, 1.54) is 5.56 Å². The molecule has 0 bridgehead atoms. The number of carbonyl (C=O) groups is 1. The van der Waals surface area contributed by atoms with Crippen LogP contribution in [0.3, 0.4) is 0 Å². The number of ether oxygens (including phenoxy) is 2. The topological polar surface area (TPSA) is 50.8 Å². The van der Waals surface area contributed by atoms with Crippen LogP contribution < -0.4 is 5.32 Å². The molecule has 2 aromatic carbocycles. The average molecular weight is 383 g/mol. The average Bonchev–Trinajstić information content (AvgIpc) is 2.73. The van der Waals surface area contributed by atoms with Crippen molar-refractivity contribution in [3.8, 4) is 0 Å². The SMILES string of the molecule is Cc1ccc([C@@H](CN2CCOCC2)NC(=O)[C@@H](C)OCc2ccccc2)cc1. The lowest BCUT2D eigenvalue weighted by Gasteiger charge is -2.31. The molecule has 0 aromatic heterocycles. The van der Waals surface area contributed by atoms with E-state index in [9.17, 15) is 4.79 Å². The van der Waals surface area contributed by atoms with Crippen molar-refractivity contribution in [2.24, 2.45) is 0 Å². The van der Waals surface area contributed by atoms with Crippen LogP contribution in [-0.2, 0) is 20.9 Å². The fourth-order valence-electron chi connectivity index (χ4n) is 3.24. The lowest BCUT2D eigenvalue weighted by molar-refractivity contribution is -0.133. The third-order valence-corrected chi connectivity index (χ3v) is 5.05. The molecular weight excluding hydrogens is 352 g/mol. The second kappa shape index (κ2) is 10.4. The van der Waals surface area contributed by atoms with E-state index in [4.69, 9.17) is 9.47 Å². The molecule has 150 valence electrons. The van der Waals surface area contributed by atoms with E-state index in [-0.39, 0.29) is 11.9 Å². The molecule has 0 spiro atoms. The Morgan fingerprint density at radius 1 is 1.11 bits per heavy atom. The fourth-order valence-corrected chi connectivity index (χ4v) is 3.24. The van der Waals surface area contributed by atoms with Crippen LogP contribution in [0.25, 0.3) is 0 Å². The van der Waals surface area contributed by atoms with Crippen molar-refractivity contribution in [1.82, 2.24) is 10.2 Å². The van der Waals surface area contributed by atoms with E-state index < -0.39 is 6.10 Å². The molecule has 1 fully saturated rings. The minimum Gasteiger partial charge on any atom is -0.379 e. The third kappa shape index (κ3) is 6.16. The highest BCUT2D eigenvalue weighted by Crippen LogP contribution is 2.17. The van der Waals surface area contributed by atoms with Gasteiger partial charge in [0.1, 0.15) is 6.10 Å². The summed E-state index contributed by atoms with van der Waals surface area (Å²) in [5, 5.41) is 3.19. The predicted molar refractivity (Wildman–Crippen MR) is 110 cm³/mol. The summed E-state index contributed by atoms with van der Waals surface area (Å²) in [5.41, 5.74) is 3.38. The van der Waals surface area contributed by atoms with Gasteiger partial charge in [-0.05, 0) is 25.0 Å². The number of hydrogen-bond donors (Lipinski definition) is 1. The van der Waals surface area contributed by atoms with Gasteiger partial charge in [0.2, 0.25) is 5.91 Å². The number of rotatable bonds is 8. The van der Waals surface area contributed by atoms with Gasteiger partial charge in [-0.25, -0.2) is 0 Å². The van der Waals surface area contributed by atoms with Gasteiger partial charge in [0.15, 0.2) is 0 Å². The van der Waals surface area contributed by atoms with Crippen LogP contribution >= 0.6 is 0 Å². The monoisotopic (exact) mass is 382 g/mol. The van der Waals surface area contributed by atoms with Crippen LogP contribution in [0.5, 0.6) is 0 Å². The number of morpholine rings is 1. The predicted octanol–water partition coefficient (Wildman–Crippen LogP) is 3.09. The molecule has 0 saturated carbocycles. The maximum atomic E-state index is 12.8. The van der Waals surface area contributed by atoms with Crippen molar-refractivity contribution in [3.05, 3.63) is 71.3 Å². The zero-order chi connectivity index (χ0) is 19.8. The summed E-state index contributed by atoms with van der Waals surface area (Å²) < 4.78 is 11.2. The lowest BCUT2D eigenvalue weighted by Crippen LogP contribution is -2.45. The van der Waals surface area contributed by atoms with E-state index in [1.807, 2.05) is 30.3 Å². The normalized spacial score (nSPS) is 17.1. The molecule has 2 aromatic rings. The summed E-state index contributed by atoms with van der Waals surface area (Å²) in [7, 11) is 0. The number of carbonyl (C=O) groups excluding carboxylic acids is 1.